The second-order valence-electron chi connectivity index (χ2n) is 3.36. The molecule has 0 aromatic carbocycles. The Kier molecular flexibility index (Phi) is 4.54. The number of nitrogens with zero attached hydrogens (tertiary/aromatic N) is 1. The third kappa shape index (κ3) is 3.44. The highest BCUT2D eigenvalue weighted by atomic mass is 32.1. The summed E-state index contributed by atoms with van der Waals surface area (Å²) in [6.45, 7) is 4.56. The van der Waals surface area contributed by atoms with Crippen LogP contribution in [-0.2, 0) is 0 Å². The molecule has 0 bridgehead atoms. The molecule has 0 radical (unpaired) electrons. The van der Waals surface area contributed by atoms with Crippen molar-refractivity contribution in [3.8, 4) is 10.6 Å². The van der Waals surface area contributed by atoms with Gasteiger partial charge in [-0.15, -0.1) is 11.3 Å². The monoisotopic (exact) mass is 237 g/mol. The van der Waals surface area contributed by atoms with E-state index in [-0.39, 0.29) is 0 Å². The average Bonchev–Trinajstić information content (AvgIpc) is 3.05. The van der Waals surface area contributed by atoms with Crippen LogP contribution < -0.4 is 10.6 Å². The first kappa shape index (κ1) is 11.3. The van der Waals surface area contributed by atoms with Crippen LogP contribution in [0.2, 0.25) is 0 Å². The molecule has 0 spiro atoms. The lowest BCUT2D eigenvalue weighted by Gasteiger charge is -2.11. The number of aromatic nitrogens is 1. The molecule has 4 nitrogen and oxygen atoms in total. The van der Waals surface area contributed by atoms with Crippen LogP contribution in [0.5, 0.6) is 0 Å². The Morgan fingerprint density at radius 2 is 1.88 bits per heavy atom. The number of hydrogen-bond acceptors (Lipinski definition) is 5. The zero-order chi connectivity index (χ0) is 11.1. The molecule has 5 heteroatoms. The van der Waals surface area contributed by atoms with E-state index >= 15 is 0 Å². The summed E-state index contributed by atoms with van der Waals surface area (Å²) in [5.74, 6) is 0. The molecule has 3 rings (SSSR count). The molecule has 2 aromatic rings. The summed E-state index contributed by atoms with van der Waals surface area (Å²) in [6.07, 6.45) is 1.58. The van der Waals surface area contributed by atoms with Gasteiger partial charge in [-0.3, -0.25) is 0 Å². The highest BCUT2D eigenvalue weighted by Gasteiger charge is 1.99. The number of thiophene rings is 1. The van der Waals surface area contributed by atoms with Gasteiger partial charge in [0.2, 0.25) is 0 Å². The molecule has 3 heterocycles. The van der Waals surface area contributed by atoms with Crippen LogP contribution in [-0.4, -0.2) is 31.3 Å². The smallest absolute Gasteiger partial charge is 0.124 e. The van der Waals surface area contributed by atoms with Crippen LogP contribution in [0.25, 0.3) is 10.6 Å². The highest BCUT2D eigenvalue weighted by molar-refractivity contribution is 7.13. The lowest BCUT2D eigenvalue weighted by Crippen LogP contribution is -2.39. The first-order valence-corrected chi connectivity index (χ1v) is 6.20. The van der Waals surface area contributed by atoms with Crippen molar-refractivity contribution >= 4 is 11.3 Å². The van der Waals surface area contributed by atoms with E-state index in [4.69, 9.17) is 4.52 Å². The van der Waals surface area contributed by atoms with Crippen LogP contribution in [0.3, 0.4) is 0 Å². The fourth-order valence-electron chi connectivity index (χ4n) is 1.37. The third-order valence-electron chi connectivity index (χ3n) is 2.17. The van der Waals surface area contributed by atoms with Crippen LogP contribution in [0.15, 0.2) is 34.4 Å². The molecule has 0 amide bonds. The van der Waals surface area contributed by atoms with E-state index in [0.717, 1.165) is 36.8 Å². The molecule has 1 aliphatic heterocycles. The summed E-state index contributed by atoms with van der Waals surface area (Å²) in [7, 11) is 0. The van der Waals surface area contributed by atoms with E-state index in [2.05, 4.69) is 15.8 Å². The molecule has 1 saturated heterocycles. The van der Waals surface area contributed by atoms with Gasteiger partial charge in [0, 0.05) is 32.2 Å². The van der Waals surface area contributed by atoms with Crippen molar-refractivity contribution in [3.05, 3.63) is 29.8 Å². The van der Waals surface area contributed by atoms with Gasteiger partial charge in [-0.25, -0.2) is 0 Å². The fourth-order valence-corrected chi connectivity index (χ4v) is 2.05. The van der Waals surface area contributed by atoms with Gasteiger partial charge in [0.15, 0.2) is 0 Å². The normalized spacial score (nSPS) is 15.2. The Hall–Kier alpha value is -1.17. The van der Waals surface area contributed by atoms with Crippen molar-refractivity contribution in [2.75, 3.05) is 26.2 Å². The summed E-state index contributed by atoms with van der Waals surface area (Å²) in [4.78, 5) is 1.15. The minimum atomic E-state index is 0.912. The molecule has 1 aliphatic rings. The van der Waals surface area contributed by atoms with E-state index in [1.54, 1.807) is 17.6 Å². The Balaban J connectivity index is 0.000000138. The molecular formula is C11H15N3OS. The predicted molar refractivity (Wildman–Crippen MR) is 65.6 cm³/mol. The third-order valence-corrected chi connectivity index (χ3v) is 3.06. The van der Waals surface area contributed by atoms with Crippen molar-refractivity contribution in [1.29, 1.82) is 0 Å². The maximum atomic E-state index is 4.69. The lowest BCUT2D eigenvalue weighted by molar-refractivity contribution is 0.422. The number of nitrogens with one attached hydrogen (secondary N) is 2. The SMILES string of the molecule is C1CNCCN1.c1csc(-c2ccon2)c1. The van der Waals surface area contributed by atoms with Gasteiger partial charge >= 0.3 is 0 Å². The number of rotatable bonds is 1. The van der Waals surface area contributed by atoms with Gasteiger partial charge in [-0.1, -0.05) is 11.2 Å². The maximum Gasteiger partial charge on any atom is 0.124 e. The van der Waals surface area contributed by atoms with Gasteiger partial charge < -0.3 is 15.2 Å². The van der Waals surface area contributed by atoms with E-state index < -0.39 is 0 Å². The van der Waals surface area contributed by atoms with Crippen LogP contribution in [0.4, 0.5) is 0 Å². The van der Waals surface area contributed by atoms with Crippen LogP contribution in [0.1, 0.15) is 0 Å². The van der Waals surface area contributed by atoms with Crippen LogP contribution >= 0.6 is 11.3 Å². The first-order chi connectivity index (χ1) is 7.97. The lowest BCUT2D eigenvalue weighted by atomic mass is 10.4. The van der Waals surface area contributed by atoms with Gasteiger partial charge in [0.1, 0.15) is 12.0 Å². The zero-order valence-corrected chi connectivity index (χ0v) is 9.80. The van der Waals surface area contributed by atoms with Crippen molar-refractivity contribution in [2.24, 2.45) is 0 Å². The quantitative estimate of drug-likeness (QED) is 0.790. The topological polar surface area (TPSA) is 50.1 Å². The molecule has 86 valence electrons. The Morgan fingerprint density at radius 1 is 1.12 bits per heavy atom. The van der Waals surface area contributed by atoms with Crippen molar-refractivity contribution < 1.29 is 4.52 Å². The van der Waals surface area contributed by atoms with E-state index in [0.29, 0.717) is 0 Å². The molecule has 0 aliphatic carbocycles. The van der Waals surface area contributed by atoms with Gasteiger partial charge in [0.25, 0.3) is 0 Å². The van der Waals surface area contributed by atoms with Crippen molar-refractivity contribution in [3.63, 3.8) is 0 Å². The Bertz CT molecular complexity index is 324. The van der Waals surface area contributed by atoms with Crippen LogP contribution in [0, 0.1) is 0 Å². The Morgan fingerprint density at radius 3 is 2.31 bits per heavy atom. The van der Waals surface area contributed by atoms with E-state index in [1.165, 1.54) is 0 Å². The van der Waals surface area contributed by atoms with Gasteiger partial charge in [-0.2, -0.15) is 0 Å². The highest BCUT2D eigenvalue weighted by Crippen LogP contribution is 2.21. The summed E-state index contributed by atoms with van der Waals surface area (Å²) in [6, 6.07) is 5.86. The van der Waals surface area contributed by atoms with E-state index in [9.17, 15) is 0 Å². The molecule has 0 unspecified atom stereocenters. The molecule has 16 heavy (non-hydrogen) atoms. The maximum absolute atomic E-state index is 4.69. The second-order valence-corrected chi connectivity index (χ2v) is 4.31. The largest absolute Gasteiger partial charge is 0.364 e. The standard InChI is InChI=1S/C7H5NOS.C4H10N2/c1-2-7(10-5-1)6-3-4-9-8-6;1-2-6-4-3-5-1/h1-5H;5-6H,1-4H2. The average molecular weight is 237 g/mol. The molecule has 0 atom stereocenters. The molecule has 2 N–H and O–H groups in total. The fraction of sp³-hybridized carbons (Fsp3) is 0.364. The predicted octanol–water partition coefficient (Wildman–Crippen LogP) is 1.58. The van der Waals surface area contributed by atoms with Crippen molar-refractivity contribution in [2.45, 2.75) is 0 Å². The minimum absolute atomic E-state index is 0.912. The van der Waals surface area contributed by atoms with Gasteiger partial charge in [-0.05, 0) is 11.4 Å². The number of piperazine rings is 1. The second kappa shape index (κ2) is 6.42. The molecular weight excluding hydrogens is 222 g/mol. The number of hydrogen-bond donors (Lipinski definition) is 2. The first-order valence-electron chi connectivity index (χ1n) is 5.32. The summed E-state index contributed by atoms with van der Waals surface area (Å²) < 4.78 is 4.69. The van der Waals surface area contributed by atoms with Gasteiger partial charge in [0.05, 0.1) is 4.88 Å². The summed E-state index contributed by atoms with van der Waals surface area (Å²) in [5, 5.41) is 12.3. The van der Waals surface area contributed by atoms with Crippen molar-refractivity contribution in [1.82, 2.24) is 15.8 Å². The summed E-state index contributed by atoms with van der Waals surface area (Å²) >= 11 is 1.66. The summed E-state index contributed by atoms with van der Waals surface area (Å²) in [5.41, 5.74) is 0.912. The molecule has 0 saturated carbocycles. The minimum Gasteiger partial charge on any atom is -0.364 e. The molecule has 2 aromatic heterocycles. The zero-order valence-electron chi connectivity index (χ0n) is 8.98. The molecule has 1 fully saturated rings. The Labute approximate surface area is 98.7 Å². The van der Waals surface area contributed by atoms with E-state index in [1.807, 2.05) is 23.6 Å².